The van der Waals surface area contributed by atoms with Gasteiger partial charge in [-0.05, 0) is 38.8 Å². The molecule has 0 unspecified atom stereocenters. The number of aromatic nitrogens is 4. The summed E-state index contributed by atoms with van der Waals surface area (Å²) < 4.78 is 3.90. The second kappa shape index (κ2) is 6.57. The molecule has 0 radical (unpaired) electrons. The summed E-state index contributed by atoms with van der Waals surface area (Å²) in [7, 11) is 0. The number of carbonyl (C=O) groups excluding carboxylic acids is 1. The second-order valence-corrected chi connectivity index (χ2v) is 6.92. The van der Waals surface area contributed by atoms with Crippen LogP contribution in [0.2, 0.25) is 0 Å². The minimum Gasteiger partial charge on any atom is -0.389 e. The Labute approximate surface area is 151 Å². The van der Waals surface area contributed by atoms with Crippen molar-refractivity contribution in [1.29, 1.82) is 0 Å². The first-order chi connectivity index (χ1) is 12.5. The lowest BCUT2D eigenvalue weighted by atomic mass is 10.1. The van der Waals surface area contributed by atoms with Gasteiger partial charge in [0.05, 0.1) is 29.2 Å². The van der Waals surface area contributed by atoms with Crippen molar-refractivity contribution in [3.63, 3.8) is 0 Å². The van der Waals surface area contributed by atoms with Crippen molar-refractivity contribution in [3.05, 3.63) is 48.3 Å². The number of aliphatic hydroxyl groups is 1. The normalized spacial score (nSPS) is 22.8. The van der Waals surface area contributed by atoms with Crippen molar-refractivity contribution in [2.45, 2.75) is 51.4 Å². The summed E-state index contributed by atoms with van der Waals surface area (Å²) in [5.74, 6) is 1.57. The highest BCUT2D eigenvalue weighted by Gasteiger charge is 2.37. The number of imidazole rings is 2. The van der Waals surface area contributed by atoms with Crippen LogP contribution in [0.25, 0.3) is 11.0 Å². The summed E-state index contributed by atoms with van der Waals surface area (Å²) in [6.07, 6.45) is 4.57. The first kappa shape index (κ1) is 16.8. The van der Waals surface area contributed by atoms with Crippen LogP contribution in [0.3, 0.4) is 0 Å². The van der Waals surface area contributed by atoms with Gasteiger partial charge in [0.25, 0.3) is 0 Å². The molecule has 1 aromatic carbocycles. The van der Waals surface area contributed by atoms with E-state index in [-0.39, 0.29) is 24.5 Å². The summed E-state index contributed by atoms with van der Waals surface area (Å²) in [6.45, 7) is 4.02. The molecule has 2 N–H and O–H groups in total. The number of rotatable bonds is 4. The molecular formula is C19H23N5O2. The van der Waals surface area contributed by atoms with Gasteiger partial charge in [-0.25, -0.2) is 9.97 Å². The Kier molecular flexibility index (Phi) is 4.24. The molecule has 1 aliphatic carbocycles. The number of amides is 1. The highest BCUT2D eigenvalue weighted by Crippen LogP contribution is 2.31. The molecule has 7 heteroatoms. The number of fused-ring (bicyclic) bond motifs is 1. The van der Waals surface area contributed by atoms with E-state index in [1.807, 2.05) is 53.4 Å². The Morgan fingerprint density at radius 3 is 2.85 bits per heavy atom. The molecule has 4 rings (SSSR count). The maximum Gasteiger partial charge on any atom is 0.240 e. The van der Waals surface area contributed by atoms with Gasteiger partial charge < -0.3 is 19.6 Å². The third-order valence-electron chi connectivity index (χ3n) is 5.29. The van der Waals surface area contributed by atoms with E-state index >= 15 is 0 Å². The smallest absolute Gasteiger partial charge is 0.240 e. The molecule has 7 nitrogen and oxygen atoms in total. The zero-order valence-corrected chi connectivity index (χ0v) is 15.0. The van der Waals surface area contributed by atoms with Crippen LogP contribution in [0, 0.1) is 13.8 Å². The molecule has 1 aliphatic rings. The van der Waals surface area contributed by atoms with E-state index in [9.17, 15) is 9.90 Å². The van der Waals surface area contributed by atoms with Crippen LogP contribution >= 0.6 is 0 Å². The zero-order chi connectivity index (χ0) is 18.3. The van der Waals surface area contributed by atoms with Crippen molar-refractivity contribution in [2.24, 2.45) is 0 Å². The molecule has 0 bridgehead atoms. The van der Waals surface area contributed by atoms with Gasteiger partial charge in [-0.3, -0.25) is 4.79 Å². The summed E-state index contributed by atoms with van der Waals surface area (Å²) in [5, 5.41) is 13.7. The number of aliphatic hydroxyl groups excluding tert-OH is 1. The lowest BCUT2D eigenvalue weighted by molar-refractivity contribution is -0.123. The van der Waals surface area contributed by atoms with Crippen LogP contribution < -0.4 is 5.32 Å². The van der Waals surface area contributed by atoms with Gasteiger partial charge in [0.15, 0.2) is 0 Å². The highest BCUT2D eigenvalue weighted by molar-refractivity contribution is 5.81. The number of carbonyl (C=O) groups is 1. The van der Waals surface area contributed by atoms with E-state index in [0.717, 1.165) is 35.5 Å². The van der Waals surface area contributed by atoms with Crippen molar-refractivity contribution in [2.75, 3.05) is 0 Å². The number of benzene rings is 1. The number of nitrogens with one attached hydrogen (secondary N) is 1. The molecule has 0 spiro atoms. The van der Waals surface area contributed by atoms with Crippen molar-refractivity contribution >= 4 is 16.9 Å². The third-order valence-corrected chi connectivity index (χ3v) is 5.29. The van der Waals surface area contributed by atoms with Crippen molar-refractivity contribution in [1.82, 2.24) is 24.4 Å². The van der Waals surface area contributed by atoms with Gasteiger partial charge in [0.1, 0.15) is 18.2 Å². The van der Waals surface area contributed by atoms with Gasteiger partial charge >= 0.3 is 0 Å². The quantitative estimate of drug-likeness (QED) is 0.748. The predicted octanol–water partition coefficient (Wildman–Crippen LogP) is 1.73. The standard InChI is InChI=1S/C19H23N5O2/c1-12-20-9-10-23(12)17-8-7-15(19(17)26)22-18(25)11-24-13(2)21-14-5-3-4-6-16(14)24/h3-6,9-10,15,17,19,26H,7-8,11H2,1-2H3,(H,22,25)/t15-,17-,19-/m1/s1. The van der Waals surface area contributed by atoms with E-state index in [1.54, 1.807) is 6.20 Å². The monoisotopic (exact) mass is 353 g/mol. The van der Waals surface area contributed by atoms with Crippen LogP contribution in [-0.4, -0.2) is 42.3 Å². The SMILES string of the molecule is Cc1nccn1[C@@H]1CC[C@@H](NC(=O)Cn2c(C)nc3ccccc32)[C@H]1O. The zero-order valence-electron chi connectivity index (χ0n) is 15.0. The van der Waals surface area contributed by atoms with Crippen LogP contribution in [0.4, 0.5) is 0 Å². The Morgan fingerprint density at radius 2 is 2.08 bits per heavy atom. The molecule has 2 heterocycles. The summed E-state index contributed by atoms with van der Waals surface area (Å²) in [6, 6.07) is 7.49. The molecule has 1 saturated carbocycles. The lowest BCUT2D eigenvalue weighted by Gasteiger charge is -2.22. The highest BCUT2D eigenvalue weighted by atomic mass is 16.3. The lowest BCUT2D eigenvalue weighted by Crippen LogP contribution is -2.43. The Hall–Kier alpha value is -2.67. The minimum absolute atomic E-state index is 0.0430. The largest absolute Gasteiger partial charge is 0.389 e. The number of aryl methyl sites for hydroxylation is 2. The third kappa shape index (κ3) is 2.88. The number of nitrogens with zero attached hydrogens (tertiary/aromatic N) is 4. The first-order valence-corrected chi connectivity index (χ1v) is 8.93. The van der Waals surface area contributed by atoms with Crippen LogP contribution in [-0.2, 0) is 11.3 Å². The fourth-order valence-electron chi connectivity index (χ4n) is 3.95. The number of hydrogen-bond acceptors (Lipinski definition) is 4. The fourth-order valence-corrected chi connectivity index (χ4v) is 3.95. The van der Waals surface area contributed by atoms with E-state index in [2.05, 4.69) is 15.3 Å². The van der Waals surface area contributed by atoms with Crippen LogP contribution in [0.5, 0.6) is 0 Å². The molecule has 0 saturated heterocycles. The number of hydrogen-bond donors (Lipinski definition) is 2. The fraction of sp³-hybridized carbons (Fsp3) is 0.421. The van der Waals surface area contributed by atoms with Gasteiger partial charge in [-0.1, -0.05) is 12.1 Å². The molecule has 1 fully saturated rings. The maximum absolute atomic E-state index is 12.6. The molecule has 1 amide bonds. The summed E-state index contributed by atoms with van der Waals surface area (Å²) in [5.41, 5.74) is 1.83. The maximum atomic E-state index is 12.6. The number of para-hydroxylation sites is 2. The molecule has 3 aromatic rings. The topological polar surface area (TPSA) is 85.0 Å². The van der Waals surface area contributed by atoms with E-state index in [4.69, 9.17) is 0 Å². The average Bonchev–Trinajstić information content (AvgIpc) is 3.27. The minimum atomic E-state index is -0.618. The Bertz CT molecular complexity index is 944. The molecular weight excluding hydrogens is 330 g/mol. The Morgan fingerprint density at radius 1 is 1.27 bits per heavy atom. The van der Waals surface area contributed by atoms with Crippen molar-refractivity contribution in [3.8, 4) is 0 Å². The molecule has 0 aliphatic heterocycles. The molecule has 3 atom stereocenters. The molecule has 26 heavy (non-hydrogen) atoms. The van der Waals surface area contributed by atoms with E-state index < -0.39 is 6.10 Å². The van der Waals surface area contributed by atoms with Gasteiger partial charge in [-0.2, -0.15) is 0 Å². The summed E-state index contributed by atoms with van der Waals surface area (Å²) >= 11 is 0. The van der Waals surface area contributed by atoms with Gasteiger partial charge in [0.2, 0.25) is 5.91 Å². The molecule has 2 aromatic heterocycles. The van der Waals surface area contributed by atoms with E-state index in [1.165, 1.54) is 0 Å². The Balaban J connectivity index is 1.45. The van der Waals surface area contributed by atoms with E-state index in [0.29, 0.717) is 0 Å². The average molecular weight is 353 g/mol. The molecule has 136 valence electrons. The predicted molar refractivity (Wildman–Crippen MR) is 97.6 cm³/mol. The second-order valence-electron chi connectivity index (χ2n) is 6.92. The van der Waals surface area contributed by atoms with Crippen LogP contribution in [0.15, 0.2) is 36.7 Å². The summed E-state index contributed by atoms with van der Waals surface area (Å²) in [4.78, 5) is 21.3. The first-order valence-electron chi connectivity index (χ1n) is 8.93. The van der Waals surface area contributed by atoms with Gasteiger partial charge in [-0.15, -0.1) is 0 Å². The van der Waals surface area contributed by atoms with Crippen molar-refractivity contribution < 1.29 is 9.90 Å². The van der Waals surface area contributed by atoms with Gasteiger partial charge in [0, 0.05) is 12.4 Å². The van der Waals surface area contributed by atoms with Crippen LogP contribution in [0.1, 0.15) is 30.5 Å².